The zero-order chi connectivity index (χ0) is 9.12. The standard InChI is InChI=1S/2C4H11Si.Zr/c2*1-5(2,3)4;/h2*1H2,2-4H3;. The van der Waals surface area contributed by atoms with Crippen molar-refractivity contribution in [1.29, 1.82) is 0 Å². The molecule has 66 valence electrons. The van der Waals surface area contributed by atoms with Gasteiger partial charge in [0, 0.05) is 0 Å². The molecular formula is C8H22Si2Zr. The average Bonchev–Trinajstić information content (AvgIpc) is 1.55. The summed E-state index contributed by atoms with van der Waals surface area (Å²) in [5, 5.41) is 0. The summed E-state index contributed by atoms with van der Waals surface area (Å²) < 4.78 is 3.39. The van der Waals surface area contributed by atoms with Crippen molar-refractivity contribution in [2.75, 3.05) is 0 Å². The van der Waals surface area contributed by atoms with E-state index >= 15 is 0 Å². The average molecular weight is 266 g/mol. The molecule has 0 aliphatic carbocycles. The van der Waals surface area contributed by atoms with E-state index < -0.39 is 16.1 Å². The van der Waals surface area contributed by atoms with Crippen LogP contribution in [0.1, 0.15) is 0 Å². The molecule has 0 aliphatic heterocycles. The Morgan fingerprint density at radius 3 is 1.18 bits per heavy atom. The summed E-state index contributed by atoms with van der Waals surface area (Å²) in [6, 6.07) is 0. The second-order valence-corrected chi connectivity index (χ2v) is 23.1. The van der Waals surface area contributed by atoms with Gasteiger partial charge < -0.3 is 0 Å². The van der Waals surface area contributed by atoms with Crippen LogP contribution in [0.25, 0.3) is 0 Å². The van der Waals surface area contributed by atoms with Crippen LogP contribution in [0, 0.1) is 0 Å². The molecule has 11 heavy (non-hydrogen) atoms. The predicted molar refractivity (Wildman–Crippen MR) is 56.3 cm³/mol. The van der Waals surface area contributed by atoms with E-state index in [4.69, 9.17) is 0 Å². The van der Waals surface area contributed by atoms with Crippen LogP contribution in [-0.4, -0.2) is 16.1 Å². The molecule has 0 spiro atoms. The van der Waals surface area contributed by atoms with Gasteiger partial charge in [-0.25, -0.2) is 0 Å². The molecule has 0 bridgehead atoms. The van der Waals surface area contributed by atoms with Gasteiger partial charge in [-0.2, -0.15) is 0 Å². The quantitative estimate of drug-likeness (QED) is 0.681. The van der Waals surface area contributed by atoms with Crippen molar-refractivity contribution in [2.45, 2.75) is 46.8 Å². The molecular weight excluding hydrogens is 243 g/mol. The fourth-order valence-corrected chi connectivity index (χ4v) is 16.6. The van der Waals surface area contributed by atoms with Crippen molar-refractivity contribution in [3.8, 4) is 0 Å². The molecule has 0 fully saturated rings. The van der Waals surface area contributed by atoms with Crippen molar-refractivity contribution in [2.24, 2.45) is 0 Å². The van der Waals surface area contributed by atoms with E-state index in [1.54, 1.807) is 7.50 Å². The van der Waals surface area contributed by atoms with Gasteiger partial charge in [-0.3, -0.25) is 0 Å². The Labute approximate surface area is 85.8 Å². The van der Waals surface area contributed by atoms with E-state index in [0.29, 0.717) is 0 Å². The molecule has 0 heterocycles. The van der Waals surface area contributed by atoms with Crippen LogP contribution in [0.5, 0.6) is 0 Å². The molecule has 0 saturated heterocycles. The normalized spacial score (nSPS) is 13.3. The van der Waals surface area contributed by atoms with Crippen LogP contribution in [0.2, 0.25) is 46.8 Å². The fraction of sp³-hybridized carbons (Fsp3) is 1.00. The first-order valence-corrected chi connectivity index (χ1v) is 15.3. The predicted octanol–water partition coefficient (Wildman–Crippen LogP) is 3.66. The van der Waals surface area contributed by atoms with Crippen LogP contribution in [0.3, 0.4) is 0 Å². The zero-order valence-electron chi connectivity index (χ0n) is 8.91. The molecule has 0 aromatic rings. The van der Waals surface area contributed by atoms with Gasteiger partial charge in [0.25, 0.3) is 0 Å². The van der Waals surface area contributed by atoms with Crippen LogP contribution in [-0.2, 0) is 23.2 Å². The molecule has 0 saturated carbocycles. The monoisotopic (exact) mass is 264 g/mol. The maximum absolute atomic E-state index is 2.51. The van der Waals surface area contributed by atoms with E-state index in [9.17, 15) is 0 Å². The van der Waals surface area contributed by atoms with Crippen molar-refractivity contribution in [3.05, 3.63) is 0 Å². The molecule has 0 unspecified atom stereocenters. The first-order valence-electron chi connectivity index (χ1n) is 4.41. The van der Waals surface area contributed by atoms with E-state index in [-0.39, 0.29) is 23.2 Å². The summed E-state index contributed by atoms with van der Waals surface area (Å²) in [7, 11) is -1.32. The summed E-state index contributed by atoms with van der Waals surface area (Å²) >= 11 is 0.0654. The molecule has 0 atom stereocenters. The maximum atomic E-state index is 2.51. The molecule has 0 radical (unpaired) electrons. The summed E-state index contributed by atoms with van der Waals surface area (Å²) in [5.74, 6) is 0. The van der Waals surface area contributed by atoms with Crippen LogP contribution >= 0.6 is 0 Å². The Morgan fingerprint density at radius 2 is 1.00 bits per heavy atom. The van der Waals surface area contributed by atoms with Gasteiger partial charge >= 0.3 is 86.2 Å². The summed E-state index contributed by atoms with van der Waals surface area (Å²) in [4.78, 5) is 0. The first kappa shape index (κ1) is 12.3. The van der Waals surface area contributed by atoms with Crippen molar-refractivity contribution in [1.82, 2.24) is 0 Å². The topological polar surface area (TPSA) is 0 Å². The SMILES string of the molecule is C[Si](C)(C)[CH2][Zr][CH2][Si](C)(C)C. The fourth-order valence-electron chi connectivity index (χ4n) is 0.812. The Kier molecular flexibility index (Phi) is 5.07. The summed E-state index contributed by atoms with van der Waals surface area (Å²) in [5.41, 5.74) is 0. The summed E-state index contributed by atoms with van der Waals surface area (Å²) in [6.45, 7) is 15.1. The van der Waals surface area contributed by atoms with E-state index in [1.807, 2.05) is 0 Å². The van der Waals surface area contributed by atoms with Gasteiger partial charge in [0.05, 0.1) is 0 Å². The first-order chi connectivity index (χ1) is 4.71. The van der Waals surface area contributed by atoms with Gasteiger partial charge in [-0.1, -0.05) is 0 Å². The Morgan fingerprint density at radius 1 is 0.727 bits per heavy atom. The van der Waals surface area contributed by atoms with Crippen LogP contribution < -0.4 is 0 Å². The molecule has 0 amide bonds. The summed E-state index contributed by atoms with van der Waals surface area (Å²) in [6.07, 6.45) is 0. The Hall–Kier alpha value is 1.32. The third-order valence-electron chi connectivity index (χ3n) is 1.31. The Bertz CT molecular complexity index is 96.2. The number of hydrogen-bond acceptors (Lipinski definition) is 0. The molecule has 0 rings (SSSR count). The van der Waals surface area contributed by atoms with E-state index in [0.717, 1.165) is 0 Å². The van der Waals surface area contributed by atoms with Gasteiger partial charge in [0.1, 0.15) is 0 Å². The van der Waals surface area contributed by atoms with E-state index in [2.05, 4.69) is 39.3 Å². The minimum atomic E-state index is -0.659. The van der Waals surface area contributed by atoms with Gasteiger partial charge in [-0.15, -0.1) is 0 Å². The third kappa shape index (κ3) is 11.3. The molecule has 0 aliphatic rings. The van der Waals surface area contributed by atoms with Crippen molar-refractivity contribution in [3.63, 3.8) is 0 Å². The zero-order valence-corrected chi connectivity index (χ0v) is 13.4. The molecule has 0 N–H and O–H groups in total. The van der Waals surface area contributed by atoms with Gasteiger partial charge in [-0.05, 0) is 0 Å². The van der Waals surface area contributed by atoms with Gasteiger partial charge in [0.15, 0.2) is 0 Å². The van der Waals surface area contributed by atoms with E-state index in [1.165, 1.54) is 0 Å². The second kappa shape index (κ2) is 4.52. The molecule has 0 aromatic carbocycles. The molecule has 3 heteroatoms. The Balaban J connectivity index is 3.44. The van der Waals surface area contributed by atoms with Crippen molar-refractivity contribution >= 4 is 16.1 Å². The van der Waals surface area contributed by atoms with Crippen LogP contribution in [0.15, 0.2) is 0 Å². The number of hydrogen-bond donors (Lipinski definition) is 0. The molecule has 0 nitrogen and oxygen atoms in total. The van der Waals surface area contributed by atoms with Crippen LogP contribution in [0.4, 0.5) is 0 Å². The van der Waals surface area contributed by atoms with Gasteiger partial charge in [0.2, 0.25) is 0 Å². The molecule has 0 aromatic heterocycles. The second-order valence-electron chi connectivity index (χ2n) is 5.72. The van der Waals surface area contributed by atoms with Crippen molar-refractivity contribution < 1.29 is 23.2 Å². The minimum absolute atomic E-state index is 0.0654. The third-order valence-corrected chi connectivity index (χ3v) is 23.3. The number of rotatable bonds is 4.